The Morgan fingerprint density at radius 1 is 1.12 bits per heavy atom. The zero-order chi connectivity index (χ0) is 12.1. The van der Waals surface area contributed by atoms with Gasteiger partial charge in [-0.15, -0.1) is 0 Å². The highest BCUT2D eigenvalue weighted by molar-refractivity contribution is 5.24. The Labute approximate surface area is 100 Å². The summed E-state index contributed by atoms with van der Waals surface area (Å²) in [5.74, 6) is 0.757. The largest absolute Gasteiger partial charge is 0.308 e. The van der Waals surface area contributed by atoms with Crippen molar-refractivity contribution in [3.8, 4) is 0 Å². The molecule has 0 saturated heterocycles. The molecule has 1 rings (SSSR count). The van der Waals surface area contributed by atoms with Gasteiger partial charge in [-0.2, -0.15) is 0 Å². The summed E-state index contributed by atoms with van der Waals surface area (Å²) in [6, 6.07) is 9.76. The number of hydrogen-bond donors (Lipinski definition) is 1. The Balaban J connectivity index is 2.55. The van der Waals surface area contributed by atoms with Crippen molar-refractivity contribution >= 4 is 0 Å². The third-order valence-electron chi connectivity index (χ3n) is 2.90. The van der Waals surface area contributed by atoms with Crippen LogP contribution >= 0.6 is 0 Å². The second kappa shape index (κ2) is 6.05. The van der Waals surface area contributed by atoms with Crippen molar-refractivity contribution in [1.29, 1.82) is 0 Å². The highest BCUT2D eigenvalue weighted by atomic mass is 14.9. The van der Waals surface area contributed by atoms with Gasteiger partial charge < -0.3 is 5.32 Å². The van der Waals surface area contributed by atoms with Crippen LogP contribution in [0.25, 0.3) is 0 Å². The fourth-order valence-electron chi connectivity index (χ4n) is 2.24. The second-order valence-corrected chi connectivity index (χ2v) is 5.33. The number of benzene rings is 1. The summed E-state index contributed by atoms with van der Waals surface area (Å²) in [6.07, 6.45) is 1.23. The summed E-state index contributed by atoms with van der Waals surface area (Å²) in [7, 11) is 0. The van der Waals surface area contributed by atoms with E-state index in [0.29, 0.717) is 12.1 Å². The van der Waals surface area contributed by atoms with Crippen LogP contribution in [0.5, 0.6) is 0 Å². The average Bonchev–Trinajstić information content (AvgIpc) is 2.16. The average molecular weight is 219 g/mol. The molecule has 0 radical (unpaired) electrons. The Kier molecular flexibility index (Phi) is 5.01. The third kappa shape index (κ3) is 4.36. The highest BCUT2D eigenvalue weighted by Gasteiger charge is 2.10. The van der Waals surface area contributed by atoms with Gasteiger partial charge in [-0.25, -0.2) is 0 Å². The molecule has 1 heteroatoms. The maximum atomic E-state index is 3.65. The lowest BCUT2D eigenvalue weighted by Gasteiger charge is -2.22. The number of hydrogen-bond acceptors (Lipinski definition) is 1. The summed E-state index contributed by atoms with van der Waals surface area (Å²) < 4.78 is 0. The van der Waals surface area contributed by atoms with Gasteiger partial charge in [0.15, 0.2) is 0 Å². The quantitative estimate of drug-likeness (QED) is 0.787. The van der Waals surface area contributed by atoms with E-state index in [9.17, 15) is 0 Å². The highest BCUT2D eigenvalue weighted by Crippen LogP contribution is 2.16. The van der Waals surface area contributed by atoms with E-state index >= 15 is 0 Å². The van der Waals surface area contributed by atoms with Crippen molar-refractivity contribution in [3.63, 3.8) is 0 Å². The van der Waals surface area contributed by atoms with Crippen LogP contribution in [0.3, 0.4) is 0 Å². The molecular weight excluding hydrogens is 194 g/mol. The van der Waals surface area contributed by atoms with Crippen LogP contribution in [0, 0.1) is 12.8 Å². The fraction of sp³-hybridized carbons (Fsp3) is 0.600. The monoisotopic (exact) mass is 219 g/mol. The van der Waals surface area contributed by atoms with Crippen molar-refractivity contribution in [2.45, 2.75) is 53.1 Å². The maximum absolute atomic E-state index is 3.65. The third-order valence-corrected chi connectivity index (χ3v) is 2.90. The SMILES string of the molecule is Cc1cccc([C@H](C)NC(C)CC(C)C)c1. The van der Waals surface area contributed by atoms with Gasteiger partial charge in [-0.1, -0.05) is 43.7 Å². The van der Waals surface area contributed by atoms with Gasteiger partial charge in [0.2, 0.25) is 0 Å². The predicted octanol–water partition coefficient (Wildman–Crippen LogP) is 4.08. The summed E-state index contributed by atoms with van der Waals surface area (Å²) in [5.41, 5.74) is 2.72. The van der Waals surface area contributed by atoms with E-state index in [1.54, 1.807) is 0 Å². The van der Waals surface area contributed by atoms with Crippen LogP contribution in [0.4, 0.5) is 0 Å². The van der Waals surface area contributed by atoms with Crippen molar-refractivity contribution in [2.75, 3.05) is 0 Å². The van der Waals surface area contributed by atoms with Crippen molar-refractivity contribution in [1.82, 2.24) is 5.32 Å². The normalized spacial score (nSPS) is 15.1. The van der Waals surface area contributed by atoms with Crippen LogP contribution in [-0.2, 0) is 0 Å². The van der Waals surface area contributed by atoms with Crippen LogP contribution in [0.1, 0.15) is 51.3 Å². The first-order valence-electron chi connectivity index (χ1n) is 6.31. The van der Waals surface area contributed by atoms with Crippen LogP contribution in [0.15, 0.2) is 24.3 Å². The zero-order valence-electron chi connectivity index (χ0n) is 11.2. The molecule has 0 bridgehead atoms. The molecule has 0 aromatic heterocycles. The zero-order valence-corrected chi connectivity index (χ0v) is 11.2. The lowest BCUT2D eigenvalue weighted by atomic mass is 10.0. The molecule has 1 aromatic carbocycles. The van der Waals surface area contributed by atoms with E-state index in [0.717, 1.165) is 5.92 Å². The van der Waals surface area contributed by atoms with E-state index in [1.807, 2.05) is 0 Å². The summed E-state index contributed by atoms with van der Waals surface area (Å²) in [6.45, 7) is 11.2. The molecule has 0 amide bonds. The van der Waals surface area contributed by atoms with Crippen molar-refractivity contribution in [2.24, 2.45) is 5.92 Å². The van der Waals surface area contributed by atoms with E-state index in [2.05, 4.69) is 64.2 Å². The van der Waals surface area contributed by atoms with Gasteiger partial charge >= 0.3 is 0 Å². The lowest BCUT2D eigenvalue weighted by molar-refractivity contribution is 0.407. The molecule has 90 valence electrons. The molecule has 16 heavy (non-hydrogen) atoms. The van der Waals surface area contributed by atoms with Crippen LogP contribution < -0.4 is 5.32 Å². The summed E-state index contributed by atoms with van der Waals surface area (Å²) in [5, 5.41) is 3.65. The molecule has 1 nitrogen and oxygen atoms in total. The van der Waals surface area contributed by atoms with Gasteiger partial charge in [0.1, 0.15) is 0 Å². The van der Waals surface area contributed by atoms with Gasteiger partial charge in [-0.05, 0) is 38.7 Å². The van der Waals surface area contributed by atoms with Gasteiger partial charge in [0, 0.05) is 12.1 Å². The Bertz CT molecular complexity index is 317. The number of aryl methyl sites for hydroxylation is 1. The molecule has 1 N–H and O–H groups in total. The maximum Gasteiger partial charge on any atom is 0.0294 e. The molecule has 0 aliphatic heterocycles. The standard InChI is InChI=1S/C15H25N/c1-11(2)9-13(4)16-14(5)15-8-6-7-12(3)10-15/h6-8,10-11,13-14,16H,9H2,1-5H3/t13?,14-/m0/s1. The van der Waals surface area contributed by atoms with Gasteiger partial charge in [0.25, 0.3) is 0 Å². The molecule has 0 fully saturated rings. The Hall–Kier alpha value is -0.820. The minimum absolute atomic E-state index is 0.439. The van der Waals surface area contributed by atoms with E-state index in [-0.39, 0.29) is 0 Å². The molecular formula is C15H25N. The number of rotatable bonds is 5. The van der Waals surface area contributed by atoms with E-state index in [1.165, 1.54) is 17.5 Å². The van der Waals surface area contributed by atoms with Gasteiger partial charge in [-0.3, -0.25) is 0 Å². The fourth-order valence-corrected chi connectivity index (χ4v) is 2.24. The van der Waals surface area contributed by atoms with Crippen LogP contribution in [0.2, 0.25) is 0 Å². The minimum atomic E-state index is 0.439. The molecule has 0 spiro atoms. The Morgan fingerprint density at radius 2 is 1.81 bits per heavy atom. The van der Waals surface area contributed by atoms with Gasteiger partial charge in [0.05, 0.1) is 0 Å². The van der Waals surface area contributed by atoms with E-state index in [4.69, 9.17) is 0 Å². The van der Waals surface area contributed by atoms with Crippen molar-refractivity contribution < 1.29 is 0 Å². The lowest BCUT2D eigenvalue weighted by Crippen LogP contribution is -2.30. The minimum Gasteiger partial charge on any atom is -0.308 e. The predicted molar refractivity (Wildman–Crippen MR) is 71.6 cm³/mol. The smallest absolute Gasteiger partial charge is 0.0294 e. The van der Waals surface area contributed by atoms with Crippen LogP contribution in [-0.4, -0.2) is 6.04 Å². The molecule has 1 unspecified atom stereocenters. The first-order valence-corrected chi connectivity index (χ1v) is 6.31. The molecule has 2 atom stereocenters. The molecule has 0 aliphatic rings. The Morgan fingerprint density at radius 3 is 2.38 bits per heavy atom. The topological polar surface area (TPSA) is 12.0 Å². The first-order chi connectivity index (χ1) is 7.49. The molecule has 0 saturated carbocycles. The molecule has 0 aliphatic carbocycles. The van der Waals surface area contributed by atoms with E-state index < -0.39 is 0 Å². The molecule has 0 heterocycles. The molecule has 1 aromatic rings. The summed E-state index contributed by atoms with van der Waals surface area (Å²) >= 11 is 0. The number of nitrogens with one attached hydrogen (secondary N) is 1. The second-order valence-electron chi connectivity index (χ2n) is 5.33. The van der Waals surface area contributed by atoms with Crippen molar-refractivity contribution in [3.05, 3.63) is 35.4 Å². The first kappa shape index (κ1) is 13.2. The summed E-state index contributed by atoms with van der Waals surface area (Å²) in [4.78, 5) is 0.